The Morgan fingerprint density at radius 3 is 2.16 bits per heavy atom. The molecule has 0 aliphatic carbocycles. The van der Waals surface area contributed by atoms with Crippen LogP contribution < -0.4 is 0 Å². The summed E-state index contributed by atoms with van der Waals surface area (Å²) in [5.41, 5.74) is 1.16. The number of carbonyl (C=O) groups excluding carboxylic acids is 1. The standard InChI is InChI=1S/C31H46O7/c1-19-10-13-28(36-19)21(3)30(35-18-23-8-6-5-7-9-23)17-25-12-14-27(38-25)20(2)26(32)16-24-11-15-29(37-24)22(4)31(33)34/h5-9,19-22,24-25,27-30H,10-18H2,1-4H3,(H,33,34)/t19-,20+,21+,22+,24+,25+,27-,28+,29+,30-/m1/s1. The van der Waals surface area contributed by atoms with Crippen molar-refractivity contribution in [3.8, 4) is 0 Å². The van der Waals surface area contributed by atoms with E-state index in [-0.39, 0.29) is 54.2 Å². The molecule has 0 radical (unpaired) electrons. The van der Waals surface area contributed by atoms with Gasteiger partial charge in [-0.05, 0) is 57.9 Å². The number of ether oxygens (including phenoxy) is 4. The first-order valence-electron chi connectivity index (χ1n) is 14.6. The minimum atomic E-state index is -0.852. The first kappa shape index (κ1) is 29.2. The molecule has 212 valence electrons. The number of hydrogen-bond donors (Lipinski definition) is 1. The summed E-state index contributed by atoms with van der Waals surface area (Å²) in [5, 5.41) is 9.25. The number of benzene rings is 1. The summed E-state index contributed by atoms with van der Waals surface area (Å²) in [6.07, 6.45) is 6.41. The Morgan fingerprint density at radius 2 is 1.50 bits per heavy atom. The van der Waals surface area contributed by atoms with Crippen LogP contribution in [-0.4, -0.2) is 59.6 Å². The average molecular weight is 531 g/mol. The second-order valence-corrected chi connectivity index (χ2v) is 11.8. The molecule has 3 aliphatic heterocycles. The van der Waals surface area contributed by atoms with Crippen LogP contribution in [0.15, 0.2) is 30.3 Å². The predicted octanol–water partition coefficient (Wildman–Crippen LogP) is 5.58. The fourth-order valence-corrected chi connectivity index (χ4v) is 6.23. The van der Waals surface area contributed by atoms with E-state index in [1.54, 1.807) is 6.92 Å². The van der Waals surface area contributed by atoms with Crippen LogP contribution in [0.5, 0.6) is 0 Å². The van der Waals surface area contributed by atoms with Gasteiger partial charge in [-0.2, -0.15) is 0 Å². The smallest absolute Gasteiger partial charge is 0.308 e. The van der Waals surface area contributed by atoms with E-state index in [0.29, 0.717) is 25.6 Å². The number of carboxylic acids is 1. The molecule has 7 heteroatoms. The van der Waals surface area contributed by atoms with Crippen molar-refractivity contribution in [3.63, 3.8) is 0 Å². The summed E-state index contributed by atoms with van der Waals surface area (Å²) in [7, 11) is 0. The summed E-state index contributed by atoms with van der Waals surface area (Å²) in [4.78, 5) is 24.3. The molecule has 3 heterocycles. The van der Waals surface area contributed by atoms with E-state index in [1.807, 2.05) is 25.1 Å². The Hall–Kier alpha value is -1.80. The highest BCUT2D eigenvalue weighted by atomic mass is 16.5. The van der Waals surface area contributed by atoms with Crippen LogP contribution in [0.2, 0.25) is 0 Å². The zero-order valence-electron chi connectivity index (χ0n) is 23.4. The lowest BCUT2D eigenvalue weighted by Gasteiger charge is -2.31. The molecule has 3 aliphatic rings. The van der Waals surface area contributed by atoms with Crippen molar-refractivity contribution in [1.29, 1.82) is 0 Å². The van der Waals surface area contributed by atoms with Gasteiger partial charge in [-0.3, -0.25) is 9.59 Å². The number of ketones is 1. The molecule has 4 rings (SSSR count). The number of carbonyl (C=O) groups is 2. The molecule has 10 atom stereocenters. The van der Waals surface area contributed by atoms with Crippen LogP contribution in [0.4, 0.5) is 0 Å². The van der Waals surface area contributed by atoms with Gasteiger partial charge in [0.15, 0.2) is 0 Å². The SMILES string of the molecule is C[C@@H]([C@@H]1CC[C@@H](C)O1)[C@@H](C[C@@H]1CC[C@H]([C@@H](C)C(=O)C[C@@H]2CC[C@@H]([C@H](C)C(=O)O)O2)O1)OCc1ccccc1. The highest BCUT2D eigenvalue weighted by molar-refractivity contribution is 5.81. The minimum Gasteiger partial charge on any atom is -0.481 e. The Morgan fingerprint density at radius 1 is 0.868 bits per heavy atom. The Kier molecular flexibility index (Phi) is 10.4. The number of Topliss-reactive ketones (excluding diaryl/α,β-unsaturated/α-hetero) is 1. The summed E-state index contributed by atoms with van der Waals surface area (Å²) in [6, 6.07) is 10.3. The number of aliphatic carboxylic acids is 1. The van der Waals surface area contributed by atoms with Crippen LogP contribution in [-0.2, 0) is 35.1 Å². The van der Waals surface area contributed by atoms with E-state index in [2.05, 4.69) is 26.0 Å². The number of rotatable bonds is 13. The average Bonchev–Trinajstić information content (AvgIpc) is 3.67. The van der Waals surface area contributed by atoms with Crippen molar-refractivity contribution in [2.75, 3.05) is 0 Å². The molecule has 7 nitrogen and oxygen atoms in total. The lowest BCUT2D eigenvalue weighted by Crippen LogP contribution is -2.35. The summed E-state index contributed by atoms with van der Waals surface area (Å²) in [6.45, 7) is 8.56. The van der Waals surface area contributed by atoms with Gasteiger partial charge in [-0.25, -0.2) is 0 Å². The molecule has 1 aromatic carbocycles. The first-order valence-corrected chi connectivity index (χ1v) is 14.6. The molecule has 1 N–H and O–H groups in total. The van der Waals surface area contributed by atoms with Crippen LogP contribution in [0.1, 0.15) is 84.6 Å². The molecule has 0 amide bonds. The molecule has 0 aromatic heterocycles. The van der Waals surface area contributed by atoms with E-state index in [4.69, 9.17) is 18.9 Å². The van der Waals surface area contributed by atoms with Crippen molar-refractivity contribution >= 4 is 11.8 Å². The number of hydrogen-bond acceptors (Lipinski definition) is 6. The second kappa shape index (κ2) is 13.5. The van der Waals surface area contributed by atoms with Crippen LogP contribution >= 0.6 is 0 Å². The van der Waals surface area contributed by atoms with Gasteiger partial charge in [0, 0.05) is 24.7 Å². The maximum absolute atomic E-state index is 13.1. The van der Waals surface area contributed by atoms with E-state index in [9.17, 15) is 14.7 Å². The van der Waals surface area contributed by atoms with Crippen molar-refractivity contribution in [1.82, 2.24) is 0 Å². The molecule has 0 bridgehead atoms. The molecule has 0 saturated carbocycles. The highest BCUT2D eigenvalue weighted by Gasteiger charge is 2.39. The normalized spacial score (nSPS) is 32.6. The van der Waals surface area contributed by atoms with Crippen LogP contribution in [0.3, 0.4) is 0 Å². The summed E-state index contributed by atoms with van der Waals surface area (Å²) in [5.74, 6) is -1.22. The lowest BCUT2D eigenvalue weighted by molar-refractivity contribution is -0.146. The molecule has 1 aromatic rings. The minimum absolute atomic E-state index is 0.0142. The maximum atomic E-state index is 13.1. The molecule has 0 unspecified atom stereocenters. The third-order valence-electron chi connectivity index (χ3n) is 8.96. The van der Waals surface area contributed by atoms with Gasteiger partial charge in [0.05, 0.1) is 55.3 Å². The third-order valence-corrected chi connectivity index (χ3v) is 8.96. The Bertz CT molecular complexity index is 905. The van der Waals surface area contributed by atoms with E-state index < -0.39 is 11.9 Å². The third kappa shape index (κ3) is 7.65. The molecule has 38 heavy (non-hydrogen) atoms. The van der Waals surface area contributed by atoms with Gasteiger partial charge < -0.3 is 24.1 Å². The van der Waals surface area contributed by atoms with Crippen molar-refractivity contribution in [3.05, 3.63) is 35.9 Å². The quantitative estimate of drug-likeness (QED) is 0.356. The summed E-state index contributed by atoms with van der Waals surface area (Å²) >= 11 is 0. The molecular weight excluding hydrogens is 484 g/mol. The molecule has 3 saturated heterocycles. The zero-order valence-corrected chi connectivity index (χ0v) is 23.4. The van der Waals surface area contributed by atoms with E-state index in [0.717, 1.165) is 44.1 Å². The topological polar surface area (TPSA) is 91.3 Å². The Balaban J connectivity index is 1.29. The van der Waals surface area contributed by atoms with Gasteiger partial charge in [0.25, 0.3) is 0 Å². The van der Waals surface area contributed by atoms with E-state index in [1.165, 1.54) is 0 Å². The van der Waals surface area contributed by atoms with E-state index >= 15 is 0 Å². The van der Waals surface area contributed by atoms with Crippen molar-refractivity contribution < 1.29 is 33.6 Å². The lowest BCUT2D eigenvalue weighted by atomic mass is 9.90. The van der Waals surface area contributed by atoms with Gasteiger partial charge >= 0.3 is 5.97 Å². The largest absolute Gasteiger partial charge is 0.481 e. The van der Waals surface area contributed by atoms with Gasteiger partial charge in [-0.15, -0.1) is 0 Å². The fraction of sp³-hybridized carbons (Fsp3) is 0.742. The first-order chi connectivity index (χ1) is 18.2. The van der Waals surface area contributed by atoms with Gasteiger partial charge in [0.1, 0.15) is 5.78 Å². The van der Waals surface area contributed by atoms with Gasteiger partial charge in [0.2, 0.25) is 0 Å². The Labute approximate surface area is 227 Å². The predicted molar refractivity (Wildman–Crippen MR) is 144 cm³/mol. The maximum Gasteiger partial charge on any atom is 0.308 e. The zero-order chi connectivity index (χ0) is 27.2. The monoisotopic (exact) mass is 530 g/mol. The second-order valence-electron chi connectivity index (χ2n) is 11.8. The highest BCUT2D eigenvalue weighted by Crippen LogP contribution is 2.35. The molecular formula is C31H46O7. The van der Waals surface area contributed by atoms with Crippen LogP contribution in [0, 0.1) is 17.8 Å². The van der Waals surface area contributed by atoms with Crippen LogP contribution in [0.25, 0.3) is 0 Å². The molecule has 0 spiro atoms. The fourth-order valence-electron chi connectivity index (χ4n) is 6.23. The molecule has 3 fully saturated rings. The van der Waals surface area contributed by atoms with Crippen molar-refractivity contribution in [2.45, 2.75) is 128 Å². The van der Waals surface area contributed by atoms with Crippen molar-refractivity contribution in [2.24, 2.45) is 17.8 Å². The summed E-state index contributed by atoms with van der Waals surface area (Å²) < 4.78 is 25.1. The number of carboxylic acid groups (broad SMARTS) is 1. The van der Waals surface area contributed by atoms with Gasteiger partial charge in [-0.1, -0.05) is 44.2 Å².